The Kier molecular flexibility index (Phi) is 6.83. The lowest BCUT2D eigenvalue weighted by molar-refractivity contribution is 0.102. The van der Waals surface area contributed by atoms with Gasteiger partial charge in [0.1, 0.15) is 5.82 Å². The summed E-state index contributed by atoms with van der Waals surface area (Å²) in [7, 11) is -3.71. The van der Waals surface area contributed by atoms with E-state index in [0.717, 1.165) is 38.1 Å². The van der Waals surface area contributed by atoms with Crippen LogP contribution in [0.25, 0.3) is 11.4 Å². The zero-order chi connectivity index (χ0) is 23.6. The molecule has 2 aromatic carbocycles. The van der Waals surface area contributed by atoms with Crippen molar-refractivity contribution in [2.45, 2.75) is 57.0 Å². The van der Waals surface area contributed by atoms with E-state index in [-0.39, 0.29) is 16.5 Å². The van der Waals surface area contributed by atoms with Gasteiger partial charge >= 0.3 is 0 Å². The minimum absolute atomic E-state index is 0.0341. The highest BCUT2D eigenvalue weighted by molar-refractivity contribution is 7.89. The maximum absolute atomic E-state index is 12.9. The lowest BCUT2D eigenvalue weighted by Crippen LogP contribution is -2.30. The molecule has 10 heteroatoms. The van der Waals surface area contributed by atoms with Gasteiger partial charge in [-0.05, 0) is 63.1 Å². The first-order valence-corrected chi connectivity index (χ1v) is 12.8. The van der Waals surface area contributed by atoms with E-state index in [1.54, 1.807) is 44.2 Å². The quantitative estimate of drug-likeness (QED) is 0.540. The van der Waals surface area contributed by atoms with E-state index in [1.807, 2.05) is 0 Å². The molecular weight excluding hydrogens is 462 g/mol. The molecule has 3 aromatic rings. The van der Waals surface area contributed by atoms with Gasteiger partial charge in [0.05, 0.1) is 9.92 Å². The summed E-state index contributed by atoms with van der Waals surface area (Å²) in [6.45, 7) is 4.30. The topological polar surface area (TPSA) is 106 Å². The minimum atomic E-state index is -3.71. The first kappa shape index (κ1) is 23.4. The standard InChI is InChI=1S/C23H26ClN5O3S/c1-15(2)28-33(31,32)18-8-6-7-16(13-18)23(30)25-17-10-11-20(24)19(14-17)22-27-26-21-9-4-3-5-12-29(21)22/h6-8,10-11,13-15,28H,3-5,9,12H2,1-2H3,(H,25,30). The van der Waals surface area contributed by atoms with Crippen LogP contribution < -0.4 is 10.0 Å². The Morgan fingerprint density at radius 3 is 2.70 bits per heavy atom. The van der Waals surface area contributed by atoms with Crippen LogP contribution in [0.5, 0.6) is 0 Å². The molecule has 1 aliphatic heterocycles. The van der Waals surface area contributed by atoms with Gasteiger partial charge in [0.25, 0.3) is 5.91 Å². The van der Waals surface area contributed by atoms with Crippen molar-refractivity contribution in [1.82, 2.24) is 19.5 Å². The SMILES string of the molecule is CC(C)NS(=O)(=O)c1cccc(C(=O)Nc2ccc(Cl)c(-c3nnc4n3CCCCC4)c2)c1. The average Bonchev–Trinajstić information content (AvgIpc) is 3.02. The Labute approximate surface area is 198 Å². The fourth-order valence-electron chi connectivity index (χ4n) is 3.84. The third kappa shape index (κ3) is 5.26. The van der Waals surface area contributed by atoms with Crippen molar-refractivity contribution in [3.05, 3.63) is 58.9 Å². The number of fused-ring (bicyclic) bond motifs is 1. The monoisotopic (exact) mass is 487 g/mol. The van der Waals surface area contributed by atoms with Crippen LogP contribution in [-0.2, 0) is 23.0 Å². The number of rotatable bonds is 6. The normalized spacial score (nSPS) is 14.1. The molecule has 1 aromatic heterocycles. The maximum Gasteiger partial charge on any atom is 0.255 e. The molecule has 1 amide bonds. The molecule has 0 atom stereocenters. The summed E-state index contributed by atoms with van der Waals surface area (Å²) in [4.78, 5) is 12.9. The van der Waals surface area contributed by atoms with Crippen LogP contribution in [0.15, 0.2) is 47.4 Å². The van der Waals surface area contributed by atoms with E-state index >= 15 is 0 Å². The molecular formula is C23H26ClN5O3S. The van der Waals surface area contributed by atoms with E-state index in [9.17, 15) is 13.2 Å². The number of sulfonamides is 1. The lowest BCUT2D eigenvalue weighted by Gasteiger charge is -2.12. The van der Waals surface area contributed by atoms with Crippen LogP contribution in [0.4, 0.5) is 5.69 Å². The molecule has 2 heterocycles. The fraction of sp³-hybridized carbons (Fsp3) is 0.348. The van der Waals surface area contributed by atoms with Gasteiger partial charge in [-0.15, -0.1) is 10.2 Å². The average molecular weight is 488 g/mol. The highest BCUT2D eigenvalue weighted by Gasteiger charge is 2.20. The van der Waals surface area contributed by atoms with Crippen LogP contribution in [0, 0.1) is 0 Å². The number of benzene rings is 2. The van der Waals surface area contributed by atoms with Gasteiger partial charge in [0.2, 0.25) is 10.0 Å². The number of carbonyl (C=O) groups excluding carboxylic acids is 1. The van der Waals surface area contributed by atoms with Crippen LogP contribution in [0.1, 0.15) is 49.3 Å². The second-order valence-corrected chi connectivity index (χ2v) is 10.5. The van der Waals surface area contributed by atoms with Crippen molar-refractivity contribution in [2.75, 3.05) is 5.32 Å². The molecule has 1 aliphatic rings. The largest absolute Gasteiger partial charge is 0.322 e. The molecule has 0 aliphatic carbocycles. The van der Waals surface area contributed by atoms with E-state index in [0.29, 0.717) is 22.1 Å². The minimum Gasteiger partial charge on any atom is -0.322 e. The molecule has 8 nitrogen and oxygen atoms in total. The van der Waals surface area contributed by atoms with Crippen molar-refractivity contribution >= 4 is 33.2 Å². The van der Waals surface area contributed by atoms with E-state index in [4.69, 9.17) is 11.6 Å². The van der Waals surface area contributed by atoms with Crippen molar-refractivity contribution in [1.29, 1.82) is 0 Å². The zero-order valence-electron chi connectivity index (χ0n) is 18.5. The van der Waals surface area contributed by atoms with Gasteiger partial charge < -0.3 is 9.88 Å². The Morgan fingerprint density at radius 1 is 1.09 bits per heavy atom. The number of halogens is 1. The number of amides is 1. The Morgan fingerprint density at radius 2 is 1.91 bits per heavy atom. The number of hydrogen-bond acceptors (Lipinski definition) is 5. The zero-order valence-corrected chi connectivity index (χ0v) is 20.1. The number of anilines is 1. The van der Waals surface area contributed by atoms with Gasteiger partial charge in [-0.2, -0.15) is 0 Å². The highest BCUT2D eigenvalue weighted by Crippen LogP contribution is 2.31. The van der Waals surface area contributed by atoms with Crippen molar-refractivity contribution in [3.63, 3.8) is 0 Å². The summed E-state index contributed by atoms with van der Waals surface area (Å²) >= 11 is 6.47. The summed E-state index contributed by atoms with van der Waals surface area (Å²) in [6, 6.07) is 10.8. The van der Waals surface area contributed by atoms with E-state index in [1.165, 1.54) is 12.1 Å². The molecule has 174 valence electrons. The Bertz CT molecular complexity index is 1290. The van der Waals surface area contributed by atoms with Gasteiger partial charge in [-0.1, -0.05) is 24.1 Å². The van der Waals surface area contributed by atoms with Gasteiger partial charge in [-0.3, -0.25) is 4.79 Å². The predicted molar refractivity (Wildman–Crippen MR) is 128 cm³/mol. The second-order valence-electron chi connectivity index (χ2n) is 8.35. The number of carbonyl (C=O) groups is 1. The van der Waals surface area contributed by atoms with Crippen LogP contribution in [0.2, 0.25) is 5.02 Å². The fourth-order valence-corrected chi connectivity index (χ4v) is 5.34. The van der Waals surface area contributed by atoms with Crippen LogP contribution in [-0.4, -0.2) is 35.1 Å². The Balaban J connectivity index is 1.59. The number of nitrogens with one attached hydrogen (secondary N) is 2. The van der Waals surface area contributed by atoms with Gasteiger partial charge in [-0.25, -0.2) is 13.1 Å². The Hall–Kier alpha value is -2.75. The van der Waals surface area contributed by atoms with Crippen LogP contribution in [0.3, 0.4) is 0 Å². The first-order valence-electron chi connectivity index (χ1n) is 10.9. The predicted octanol–water partition coefficient (Wildman–Crippen LogP) is 4.26. The molecule has 0 saturated heterocycles. The molecule has 33 heavy (non-hydrogen) atoms. The number of nitrogens with zero attached hydrogens (tertiary/aromatic N) is 3. The third-order valence-corrected chi connectivity index (χ3v) is 7.36. The molecule has 0 fully saturated rings. The summed E-state index contributed by atoms with van der Waals surface area (Å²) in [6.07, 6.45) is 4.17. The summed E-state index contributed by atoms with van der Waals surface area (Å²) in [5, 5.41) is 12.0. The molecule has 2 N–H and O–H groups in total. The van der Waals surface area contributed by atoms with Gasteiger partial charge in [0, 0.05) is 35.8 Å². The number of aryl methyl sites for hydroxylation is 1. The summed E-state index contributed by atoms with van der Waals surface area (Å²) in [5.41, 5.74) is 1.45. The molecule has 0 bridgehead atoms. The van der Waals surface area contributed by atoms with Crippen molar-refractivity contribution in [2.24, 2.45) is 0 Å². The summed E-state index contributed by atoms with van der Waals surface area (Å²) in [5.74, 6) is 1.20. The van der Waals surface area contributed by atoms with Crippen LogP contribution >= 0.6 is 11.6 Å². The molecule has 0 saturated carbocycles. The molecule has 0 radical (unpaired) electrons. The number of hydrogen-bond donors (Lipinski definition) is 2. The number of aromatic nitrogens is 3. The first-order chi connectivity index (χ1) is 15.7. The second kappa shape index (κ2) is 9.62. The van der Waals surface area contributed by atoms with Crippen molar-refractivity contribution in [3.8, 4) is 11.4 Å². The molecule has 4 rings (SSSR count). The van der Waals surface area contributed by atoms with Gasteiger partial charge in [0.15, 0.2) is 5.82 Å². The van der Waals surface area contributed by atoms with Crippen molar-refractivity contribution < 1.29 is 13.2 Å². The van der Waals surface area contributed by atoms with E-state index < -0.39 is 15.9 Å². The molecule has 0 unspecified atom stereocenters. The lowest BCUT2D eigenvalue weighted by atomic mass is 10.1. The maximum atomic E-state index is 12.9. The summed E-state index contributed by atoms with van der Waals surface area (Å²) < 4.78 is 29.5. The molecule has 0 spiro atoms. The highest BCUT2D eigenvalue weighted by atomic mass is 35.5. The van der Waals surface area contributed by atoms with E-state index in [2.05, 4.69) is 24.8 Å². The smallest absolute Gasteiger partial charge is 0.255 e. The third-order valence-electron chi connectivity index (χ3n) is 5.37.